The van der Waals surface area contributed by atoms with Crippen molar-refractivity contribution in [2.45, 2.75) is 44.7 Å². The fraction of sp³-hybridized carbons (Fsp3) is 0.412. The van der Waals surface area contributed by atoms with Crippen LogP contribution in [-0.2, 0) is 4.79 Å². The number of carbonyl (C=O) groups excluding carboxylic acids is 1. The van der Waals surface area contributed by atoms with Crippen molar-refractivity contribution in [2.75, 3.05) is 5.32 Å². The van der Waals surface area contributed by atoms with E-state index in [-0.39, 0.29) is 17.8 Å². The second-order valence-electron chi connectivity index (χ2n) is 6.03. The van der Waals surface area contributed by atoms with Gasteiger partial charge in [0.1, 0.15) is 5.82 Å². The van der Waals surface area contributed by atoms with E-state index in [1.165, 1.54) is 6.07 Å². The number of aromatic nitrogens is 2. The summed E-state index contributed by atoms with van der Waals surface area (Å²) in [7, 11) is 0. The third-order valence-electron chi connectivity index (χ3n) is 4.24. The Morgan fingerprint density at radius 1 is 1.26 bits per heavy atom. The van der Waals surface area contributed by atoms with Gasteiger partial charge in [0, 0.05) is 37.1 Å². The minimum atomic E-state index is -0.278. The van der Waals surface area contributed by atoms with E-state index < -0.39 is 0 Å². The van der Waals surface area contributed by atoms with Gasteiger partial charge in [0.05, 0.1) is 12.0 Å². The van der Waals surface area contributed by atoms with Crippen LogP contribution in [0.2, 0.25) is 0 Å². The zero-order valence-electron chi connectivity index (χ0n) is 13.1. The Morgan fingerprint density at radius 3 is 2.61 bits per heavy atom. The molecule has 122 valence electrons. The van der Waals surface area contributed by atoms with Crippen molar-refractivity contribution in [3.8, 4) is 5.69 Å². The number of benzene rings is 1. The Hall–Kier alpha value is -2.37. The molecule has 0 unspecified atom stereocenters. The van der Waals surface area contributed by atoms with Gasteiger partial charge >= 0.3 is 0 Å². The standard InChI is InChI=1S/C17H21FN4O/c1-12(23)20-13-2-4-14(5-3-13)21-15-6-7-17(16(18)10-15)22-9-8-19-11-22/h6-11,13-14,21H,2-5H2,1H3,(H,20,23). The van der Waals surface area contributed by atoms with Crippen LogP contribution in [0.3, 0.4) is 0 Å². The molecule has 1 aromatic carbocycles. The van der Waals surface area contributed by atoms with E-state index in [9.17, 15) is 9.18 Å². The Bertz CT molecular complexity index is 663. The number of halogens is 1. The van der Waals surface area contributed by atoms with Gasteiger partial charge in [0.15, 0.2) is 0 Å². The van der Waals surface area contributed by atoms with Crippen molar-refractivity contribution in [2.24, 2.45) is 0 Å². The largest absolute Gasteiger partial charge is 0.382 e. The monoisotopic (exact) mass is 316 g/mol. The molecule has 2 N–H and O–H groups in total. The highest BCUT2D eigenvalue weighted by Crippen LogP contribution is 2.24. The van der Waals surface area contributed by atoms with E-state index in [1.807, 2.05) is 6.07 Å². The fourth-order valence-electron chi connectivity index (χ4n) is 3.11. The molecule has 1 aliphatic carbocycles. The summed E-state index contributed by atoms with van der Waals surface area (Å²) in [6.45, 7) is 1.55. The van der Waals surface area contributed by atoms with Crippen LogP contribution in [0.15, 0.2) is 36.9 Å². The van der Waals surface area contributed by atoms with E-state index >= 15 is 0 Å². The van der Waals surface area contributed by atoms with E-state index in [1.54, 1.807) is 36.3 Å². The minimum absolute atomic E-state index is 0.0265. The van der Waals surface area contributed by atoms with Crippen molar-refractivity contribution < 1.29 is 9.18 Å². The third-order valence-corrected chi connectivity index (χ3v) is 4.24. The highest BCUT2D eigenvalue weighted by molar-refractivity contribution is 5.73. The van der Waals surface area contributed by atoms with E-state index in [0.29, 0.717) is 11.7 Å². The van der Waals surface area contributed by atoms with Crippen LogP contribution in [0.5, 0.6) is 0 Å². The molecule has 1 amide bonds. The molecule has 2 aromatic rings. The quantitative estimate of drug-likeness (QED) is 0.912. The van der Waals surface area contributed by atoms with Crippen molar-refractivity contribution in [1.82, 2.24) is 14.9 Å². The summed E-state index contributed by atoms with van der Waals surface area (Å²) >= 11 is 0. The first-order chi connectivity index (χ1) is 11.1. The van der Waals surface area contributed by atoms with E-state index in [4.69, 9.17) is 0 Å². The molecule has 0 aliphatic heterocycles. The number of anilines is 1. The number of imidazole rings is 1. The van der Waals surface area contributed by atoms with Gasteiger partial charge in [-0.1, -0.05) is 0 Å². The number of hydrogen-bond acceptors (Lipinski definition) is 3. The molecule has 0 spiro atoms. The van der Waals surface area contributed by atoms with Gasteiger partial charge < -0.3 is 15.2 Å². The van der Waals surface area contributed by atoms with Gasteiger partial charge in [-0.3, -0.25) is 4.79 Å². The minimum Gasteiger partial charge on any atom is -0.382 e. The number of carbonyl (C=O) groups is 1. The molecule has 1 aliphatic rings. The first kappa shape index (κ1) is 15.5. The smallest absolute Gasteiger partial charge is 0.217 e. The second kappa shape index (κ2) is 6.81. The molecule has 0 saturated heterocycles. The van der Waals surface area contributed by atoms with Crippen molar-refractivity contribution in [1.29, 1.82) is 0 Å². The number of nitrogens with one attached hydrogen (secondary N) is 2. The summed E-state index contributed by atoms with van der Waals surface area (Å²) in [5.74, 6) is -0.251. The Labute approximate surface area is 134 Å². The number of amides is 1. The maximum absolute atomic E-state index is 14.2. The number of rotatable bonds is 4. The lowest BCUT2D eigenvalue weighted by Crippen LogP contribution is -2.39. The van der Waals surface area contributed by atoms with Crippen LogP contribution in [-0.4, -0.2) is 27.5 Å². The van der Waals surface area contributed by atoms with Gasteiger partial charge in [-0.05, 0) is 43.9 Å². The summed E-state index contributed by atoms with van der Waals surface area (Å²) < 4.78 is 15.9. The maximum atomic E-state index is 14.2. The lowest BCUT2D eigenvalue weighted by molar-refractivity contribution is -0.119. The number of nitrogens with zero attached hydrogens (tertiary/aromatic N) is 2. The molecule has 5 nitrogen and oxygen atoms in total. The zero-order chi connectivity index (χ0) is 16.2. The van der Waals surface area contributed by atoms with Crippen LogP contribution in [0.4, 0.5) is 10.1 Å². The van der Waals surface area contributed by atoms with Gasteiger partial charge in [-0.2, -0.15) is 0 Å². The fourth-order valence-corrected chi connectivity index (χ4v) is 3.11. The molecule has 23 heavy (non-hydrogen) atoms. The Balaban J connectivity index is 1.59. The predicted octanol–water partition coefficient (Wildman–Crippen LogP) is 2.87. The topological polar surface area (TPSA) is 59.0 Å². The molecular formula is C17H21FN4O. The van der Waals surface area contributed by atoms with E-state index in [0.717, 1.165) is 31.4 Å². The molecule has 0 atom stereocenters. The van der Waals surface area contributed by atoms with Crippen LogP contribution in [0.1, 0.15) is 32.6 Å². The lowest BCUT2D eigenvalue weighted by atomic mass is 9.91. The Kier molecular flexibility index (Phi) is 4.60. The average Bonchev–Trinajstić information content (AvgIpc) is 3.03. The van der Waals surface area contributed by atoms with Crippen LogP contribution < -0.4 is 10.6 Å². The van der Waals surface area contributed by atoms with Crippen LogP contribution in [0.25, 0.3) is 5.69 Å². The highest BCUT2D eigenvalue weighted by Gasteiger charge is 2.21. The molecule has 1 aromatic heterocycles. The molecule has 1 heterocycles. The van der Waals surface area contributed by atoms with E-state index in [2.05, 4.69) is 15.6 Å². The molecular weight excluding hydrogens is 295 g/mol. The average molecular weight is 316 g/mol. The van der Waals surface area contributed by atoms with Crippen molar-refractivity contribution in [3.05, 3.63) is 42.7 Å². The second-order valence-corrected chi connectivity index (χ2v) is 6.03. The normalized spacial score (nSPS) is 21.0. The third kappa shape index (κ3) is 3.88. The SMILES string of the molecule is CC(=O)NC1CCC(Nc2ccc(-n3ccnc3)c(F)c2)CC1. The van der Waals surface area contributed by atoms with Crippen molar-refractivity contribution >= 4 is 11.6 Å². The predicted molar refractivity (Wildman–Crippen MR) is 87.0 cm³/mol. The zero-order valence-corrected chi connectivity index (χ0v) is 13.1. The summed E-state index contributed by atoms with van der Waals surface area (Å²) in [5.41, 5.74) is 1.27. The molecule has 1 fully saturated rings. The van der Waals surface area contributed by atoms with Crippen molar-refractivity contribution in [3.63, 3.8) is 0 Å². The first-order valence-electron chi connectivity index (χ1n) is 7.93. The summed E-state index contributed by atoms with van der Waals surface area (Å²) in [5, 5.41) is 6.35. The molecule has 0 radical (unpaired) electrons. The molecule has 3 rings (SSSR count). The summed E-state index contributed by atoms with van der Waals surface area (Å²) in [6, 6.07) is 5.75. The molecule has 6 heteroatoms. The van der Waals surface area contributed by atoms with Gasteiger partial charge in [-0.25, -0.2) is 9.37 Å². The molecule has 1 saturated carbocycles. The molecule has 0 bridgehead atoms. The lowest BCUT2D eigenvalue weighted by Gasteiger charge is -2.30. The highest BCUT2D eigenvalue weighted by atomic mass is 19.1. The first-order valence-corrected chi connectivity index (χ1v) is 7.93. The van der Waals surface area contributed by atoms with Crippen LogP contribution >= 0.6 is 0 Å². The van der Waals surface area contributed by atoms with Gasteiger partial charge in [0.25, 0.3) is 0 Å². The Morgan fingerprint density at radius 2 is 2.00 bits per heavy atom. The maximum Gasteiger partial charge on any atom is 0.217 e. The number of hydrogen-bond donors (Lipinski definition) is 2. The van der Waals surface area contributed by atoms with Crippen LogP contribution in [0, 0.1) is 5.82 Å². The summed E-state index contributed by atoms with van der Waals surface area (Å²) in [4.78, 5) is 15.0. The van der Waals surface area contributed by atoms with Gasteiger partial charge in [0.2, 0.25) is 5.91 Å². The summed E-state index contributed by atoms with van der Waals surface area (Å²) in [6.07, 6.45) is 8.76. The van der Waals surface area contributed by atoms with Gasteiger partial charge in [-0.15, -0.1) is 0 Å².